The maximum atomic E-state index is 10.6. The SMILES string of the molecule is CC(C)(C)c1cc(C=Nc2ccon2)c(O)c(C(C)(C)C)c1.CC(C)(C)c1cc(C=Nc2ccon2)c(O)c(C(C)(C)C)c1. The van der Waals surface area contributed by atoms with E-state index in [1.165, 1.54) is 12.5 Å². The molecule has 0 fully saturated rings. The van der Waals surface area contributed by atoms with Crippen LogP contribution in [0.15, 0.2) is 68.0 Å². The number of phenolic OH excluding ortho intramolecular Hbond substituents is 2. The first-order valence-corrected chi connectivity index (χ1v) is 14.8. The average Bonchev–Trinajstić information content (AvgIpc) is 3.59. The number of nitrogens with zero attached hydrogens (tertiary/aromatic N) is 4. The van der Waals surface area contributed by atoms with E-state index in [9.17, 15) is 10.2 Å². The number of aromatic nitrogens is 2. The minimum atomic E-state index is -0.151. The summed E-state index contributed by atoms with van der Waals surface area (Å²) < 4.78 is 9.53. The maximum Gasteiger partial charge on any atom is 0.195 e. The molecule has 0 saturated carbocycles. The largest absolute Gasteiger partial charge is 0.507 e. The molecule has 236 valence electrons. The van der Waals surface area contributed by atoms with Gasteiger partial charge in [-0.15, -0.1) is 0 Å². The van der Waals surface area contributed by atoms with Crippen LogP contribution >= 0.6 is 0 Å². The van der Waals surface area contributed by atoms with Crippen LogP contribution in [0, 0.1) is 0 Å². The lowest BCUT2D eigenvalue weighted by molar-refractivity contribution is 0.422. The Hall–Kier alpha value is -4.20. The summed E-state index contributed by atoms with van der Waals surface area (Å²) in [4.78, 5) is 8.51. The fourth-order valence-corrected chi connectivity index (χ4v) is 4.34. The summed E-state index contributed by atoms with van der Waals surface area (Å²) >= 11 is 0. The van der Waals surface area contributed by atoms with E-state index in [1.54, 1.807) is 24.6 Å². The lowest BCUT2D eigenvalue weighted by Crippen LogP contribution is -2.17. The molecule has 4 rings (SSSR count). The minimum Gasteiger partial charge on any atom is -0.507 e. The van der Waals surface area contributed by atoms with Crippen molar-refractivity contribution in [1.82, 2.24) is 10.3 Å². The highest BCUT2D eigenvalue weighted by Crippen LogP contribution is 2.38. The van der Waals surface area contributed by atoms with E-state index >= 15 is 0 Å². The molecule has 0 radical (unpaired) electrons. The minimum absolute atomic E-state index is 0.00974. The molecule has 0 amide bonds. The molecule has 0 aliphatic carbocycles. The monoisotopic (exact) mass is 600 g/mol. The zero-order chi connectivity index (χ0) is 33.1. The summed E-state index contributed by atoms with van der Waals surface area (Å²) in [5.74, 6) is 1.51. The van der Waals surface area contributed by atoms with E-state index in [-0.39, 0.29) is 33.2 Å². The van der Waals surface area contributed by atoms with Crippen LogP contribution in [0.1, 0.15) is 116 Å². The van der Waals surface area contributed by atoms with Gasteiger partial charge in [-0.2, -0.15) is 0 Å². The highest BCUT2D eigenvalue weighted by atomic mass is 16.5. The molecule has 0 aliphatic heterocycles. The van der Waals surface area contributed by atoms with Crippen LogP contribution in [-0.2, 0) is 21.7 Å². The predicted molar refractivity (Wildman–Crippen MR) is 179 cm³/mol. The fourth-order valence-electron chi connectivity index (χ4n) is 4.34. The Bertz CT molecular complexity index is 1470. The summed E-state index contributed by atoms with van der Waals surface area (Å²) in [7, 11) is 0. The zero-order valence-corrected chi connectivity index (χ0v) is 28.3. The van der Waals surface area contributed by atoms with Gasteiger partial charge in [-0.05, 0) is 44.9 Å². The highest BCUT2D eigenvalue weighted by molar-refractivity contribution is 5.87. The molecular weight excluding hydrogens is 552 g/mol. The van der Waals surface area contributed by atoms with E-state index in [0.29, 0.717) is 22.8 Å². The van der Waals surface area contributed by atoms with Gasteiger partial charge in [0.2, 0.25) is 0 Å². The molecule has 0 bridgehead atoms. The molecule has 4 aromatic rings. The van der Waals surface area contributed by atoms with E-state index < -0.39 is 0 Å². The molecule has 2 N–H and O–H groups in total. The zero-order valence-electron chi connectivity index (χ0n) is 28.3. The Morgan fingerprint density at radius 1 is 0.545 bits per heavy atom. The lowest BCUT2D eigenvalue weighted by Gasteiger charge is -2.26. The van der Waals surface area contributed by atoms with Gasteiger partial charge in [-0.3, -0.25) is 0 Å². The van der Waals surface area contributed by atoms with Gasteiger partial charge in [-0.25, -0.2) is 9.98 Å². The summed E-state index contributed by atoms with van der Waals surface area (Å²) in [6, 6.07) is 11.5. The van der Waals surface area contributed by atoms with E-state index in [2.05, 4.69) is 116 Å². The second-order valence-electron chi connectivity index (χ2n) is 15.2. The highest BCUT2D eigenvalue weighted by Gasteiger charge is 2.26. The van der Waals surface area contributed by atoms with Crippen molar-refractivity contribution in [2.45, 2.75) is 105 Å². The number of hydrogen-bond acceptors (Lipinski definition) is 8. The van der Waals surface area contributed by atoms with Crippen molar-refractivity contribution in [2.24, 2.45) is 9.98 Å². The van der Waals surface area contributed by atoms with Crippen molar-refractivity contribution in [1.29, 1.82) is 0 Å². The van der Waals surface area contributed by atoms with Crippen molar-refractivity contribution in [3.8, 4) is 11.5 Å². The quantitative estimate of drug-likeness (QED) is 0.225. The molecule has 8 nitrogen and oxygen atoms in total. The Morgan fingerprint density at radius 2 is 0.886 bits per heavy atom. The topological polar surface area (TPSA) is 117 Å². The van der Waals surface area contributed by atoms with Crippen LogP contribution in [-0.4, -0.2) is 33.0 Å². The standard InChI is InChI=1S/2C18H24N2O2/c2*1-17(2,3)13-9-12(11-19-15-7-8-22-20-15)16(21)14(10-13)18(4,5)6/h2*7-11,21H,1-6H3. The van der Waals surface area contributed by atoms with Gasteiger partial charge >= 0.3 is 0 Å². The molecule has 0 atom stereocenters. The normalized spacial score (nSPS) is 13.0. The number of hydrogen-bond donors (Lipinski definition) is 2. The van der Waals surface area contributed by atoms with Crippen molar-refractivity contribution < 1.29 is 19.3 Å². The smallest absolute Gasteiger partial charge is 0.195 e. The van der Waals surface area contributed by atoms with Crippen molar-refractivity contribution >= 4 is 24.1 Å². The molecule has 0 aliphatic rings. The molecule has 44 heavy (non-hydrogen) atoms. The van der Waals surface area contributed by atoms with Gasteiger partial charge < -0.3 is 19.3 Å². The molecule has 2 heterocycles. The number of phenols is 2. The van der Waals surface area contributed by atoms with Crippen LogP contribution in [0.25, 0.3) is 0 Å². The van der Waals surface area contributed by atoms with Crippen molar-refractivity contribution in [3.63, 3.8) is 0 Å². The summed E-state index contributed by atoms with van der Waals surface area (Å²) in [6.07, 6.45) is 6.21. The van der Waals surface area contributed by atoms with Crippen LogP contribution in [0.2, 0.25) is 0 Å². The molecule has 0 saturated heterocycles. The second-order valence-corrected chi connectivity index (χ2v) is 15.2. The number of benzene rings is 2. The van der Waals surface area contributed by atoms with Gasteiger partial charge in [0.25, 0.3) is 0 Å². The molecule has 0 unspecified atom stereocenters. The van der Waals surface area contributed by atoms with Crippen LogP contribution in [0.5, 0.6) is 11.5 Å². The van der Waals surface area contributed by atoms with Gasteiger partial charge in [0.05, 0.1) is 0 Å². The number of aliphatic imine (C=N–C) groups is 2. The Kier molecular flexibility index (Phi) is 9.98. The first-order chi connectivity index (χ1) is 20.2. The predicted octanol–water partition coefficient (Wildman–Crippen LogP) is 9.45. The number of aromatic hydroxyl groups is 2. The summed E-state index contributed by atoms with van der Waals surface area (Å²) in [6.45, 7) is 25.5. The van der Waals surface area contributed by atoms with Gasteiger partial charge in [0.1, 0.15) is 24.0 Å². The first-order valence-electron chi connectivity index (χ1n) is 14.8. The summed E-state index contributed by atoms with van der Waals surface area (Å²) in [5, 5.41) is 28.7. The third-order valence-electron chi connectivity index (χ3n) is 7.15. The molecule has 8 heteroatoms. The average molecular weight is 601 g/mol. The number of rotatable bonds is 4. The van der Waals surface area contributed by atoms with Crippen LogP contribution < -0.4 is 0 Å². The maximum absolute atomic E-state index is 10.6. The molecular formula is C36H48N4O4. The van der Waals surface area contributed by atoms with Gasteiger partial charge in [0.15, 0.2) is 11.6 Å². The van der Waals surface area contributed by atoms with E-state index in [1.807, 2.05) is 12.1 Å². The molecule has 2 aromatic carbocycles. The van der Waals surface area contributed by atoms with Crippen molar-refractivity contribution in [2.75, 3.05) is 0 Å². The lowest BCUT2D eigenvalue weighted by atomic mass is 9.79. The van der Waals surface area contributed by atoms with Crippen LogP contribution in [0.3, 0.4) is 0 Å². The van der Waals surface area contributed by atoms with Crippen LogP contribution in [0.4, 0.5) is 11.6 Å². The van der Waals surface area contributed by atoms with Crippen molar-refractivity contribution in [3.05, 3.63) is 82.3 Å². The molecule has 0 spiro atoms. The van der Waals surface area contributed by atoms with E-state index in [4.69, 9.17) is 9.05 Å². The fraction of sp³-hybridized carbons (Fsp3) is 0.444. The Balaban J connectivity index is 0.000000240. The molecule has 2 aromatic heterocycles. The third-order valence-corrected chi connectivity index (χ3v) is 7.15. The van der Waals surface area contributed by atoms with E-state index in [0.717, 1.165) is 22.3 Å². The Morgan fingerprint density at radius 3 is 1.14 bits per heavy atom. The first kappa shape index (κ1) is 34.3. The third kappa shape index (κ3) is 8.91. The summed E-state index contributed by atoms with van der Waals surface area (Å²) in [5.41, 5.74) is 5.23. The van der Waals surface area contributed by atoms with Gasteiger partial charge in [-0.1, -0.05) is 106 Å². The van der Waals surface area contributed by atoms with Gasteiger partial charge in [0, 0.05) is 46.8 Å². The second kappa shape index (κ2) is 12.8. The Labute approximate surface area is 261 Å².